The Morgan fingerprint density at radius 2 is 0.739 bits per heavy atom. The van der Waals surface area contributed by atoms with E-state index in [9.17, 15) is 0 Å². The summed E-state index contributed by atoms with van der Waals surface area (Å²) in [4.78, 5) is 3.19. The maximum Gasteiger partial charge on any atom is 0.0440 e. The molecule has 1 spiro atoms. The summed E-state index contributed by atoms with van der Waals surface area (Å²) in [6.07, 6.45) is 0. The third-order valence-corrected chi connectivity index (χ3v) is 93.5. The molecule has 23 heavy (non-hydrogen) atoms. The molecular formula is C16H36Si7. The van der Waals surface area contributed by atoms with Crippen molar-refractivity contribution in [1.82, 2.24) is 0 Å². The van der Waals surface area contributed by atoms with Gasteiger partial charge < -0.3 is 0 Å². The predicted octanol–water partition coefficient (Wildman–Crippen LogP) is 5.20. The SMILES string of the molecule is C[Si]12C[Si]3(C)C[Si](C)(C1)C1[Si]4(C)C[Si]5(C)C[Si](C)(C4)C3[Si]1(C2)C5. The lowest BCUT2D eigenvalue weighted by Gasteiger charge is -2.86. The van der Waals surface area contributed by atoms with Gasteiger partial charge in [0.05, 0.1) is 0 Å². The monoisotopic (exact) mass is 424 g/mol. The van der Waals surface area contributed by atoms with Crippen LogP contribution in [-0.4, -0.2) is 56.5 Å². The van der Waals surface area contributed by atoms with E-state index in [1.165, 1.54) is 0 Å². The van der Waals surface area contributed by atoms with Crippen molar-refractivity contribution in [3.63, 3.8) is 0 Å². The van der Waals surface area contributed by atoms with Crippen LogP contribution < -0.4 is 0 Å². The Bertz CT molecular complexity index is 573. The van der Waals surface area contributed by atoms with Crippen LogP contribution >= 0.6 is 0 Å². The molecule has 0 nitrogen and oxygen atoms in total. The molecule has 0 radical (unpaired) electrons. The smallest absolute Gasteiger partial charge is 0.0440 e. The molecule has 8 rings (SSSR count). The minimum atomic E-state index is -0.826. The van der Waals surface area contributed by atoms with Crippen molar-refractivity contribution in [3.05, 3.63) is 0 Å². The molecule has 8 fully saturated rings. The van der Waals surface area contributed by atoms with Gasteiger partial charge in [0.2, 0.25) is 0 Å². The van der Waals surface area contributed by atoms with E-state index in [2.05, 4.69) is 39.3 Å². The van der Waals surface area contributed by atoms with Crippen molar-refractivity contribution in [2.24, 2.45) is 0 Å². The van der Waals surface area contributed by atoms with Crippen LogP contribution in [0.1, 0.15) is 0 Å². The van der Waals surface area contributed by atoms with Gasteiger partial charge in [0.15, 0.2) is 0 Å². The van der Waals surface area contributed by atoms with Gasteiger partial charge in [0.25, 0.3) is 0 Å². The molecule has 0 aromatic carbocycles. The summed E-state index contributed by atoms with van der Waals surface area (Å²) in [5.74, 6) is 0. The lowest BCUT2D eigenvalue weighted by atomic mass is 11.5. The van der Waals surface area contributed by atoms with Gasteiger partial charge in [-0.1, -0.05) is 94.2 Å². The summed E-state index contributed by atoms with van der Waals surface area (Å²) in [5.41, 5.74) is 15.8. The van der Waals surface area contributed by atoms with Gasteiger partial charge in [-0.05, 0) is 0 Å². The molecule has 8 aliphatic rings. The average Bonchev–Trinajstić information content (AvgIpc) is 2.12. The molecule has 0 amide bonds. The fourth-order valence-electron chi connectivity index (χ4n) is 13.9. The Morgan fingerprint density at radius 3 is 1.04 bits per heavy atom. The summed E-state index contributed by atoms with van der Waals surface area (Å²) in [5, 5.41) is 0. The van der Waals surface area contributed by atoms with Crippen LogP contribution in [0.15, 0.2) is 0 Å². The molecule has 9 bridgehead atoms. The second kappa shape index (κ2) is 3.60. The second-order valence-electron chi connectivity index (χ2n) is 13.8. The Hall–Kier alpha value is 1.52. The first kappa shape index (κ1) is 15.6. The van der Waals surface area contributed by atoms with Crippen LogP contribution in [0.3, 0.4) is 0 Å². The summed E-state index contributed by atoms with van der Waals surface area (Å²) in [6.45, 7) is 18.1. The van der Waals surface area contributed by atoms with Crippen molar-refractivity contribution in [2.75, 3.05) is 0 Å². The van der Waals surface area contributed by atoms with Crippen LogP contribution in [0.2, 0.25) is 94.2 Å². The molecule has 128 valence electrons. The van der Waals surface area contributed by atoms with E-state index >= 15 is 0 Å². The quantitative estimate of drug-likeness (QED) is 0.469. The summed E-state index contributed by atoms with van der Waals surface area (Å²) in [7, 11) is -5.63. The molecule has 8 saturated heterocycles. The zero-order valence-corrected chi connectivity index (χ0v) is 23.3. The van der Waals surface area contributed by atoms with Gasteiger partial charge in [-0.3, -0.25) is 0 Å². The molecule has 0 saturated carbocycles. The Kier molecular flexibility index (Phi) is 2.44. The van der Waals surface area contributed by atoms with Crippen molar-refractivity contribution in [3.8, 4) is 0 Å². The van der Waals surface area contributed by atoms with E-state index in [0.29, 0.717) is 0 Å². The molecular weight excluding hydrogens is 389 g/mol. The highest BCUT2D eigenvalue weighted by Gasteiger charge is 2.86. The number of rotatable bonds is 0. The molecule has 8 heterocycles. The molecule has 7 heteroatoms. The van der Waals surface area contributed by atoms with Crippen LogP contribution in [0.25, 0.3) is 0 Å². The Morgan fingerprint density at radius 1 is 0.435 bits per heavy atom. The molecule has 4 atom stereocenters. The lowest BCUT2D eigenvalue weighted by Crippen LogP contribution is -2.95. The molecule has 0 N–H and O–H groups in total. The third-order valence-electron chi connectivity index (χ3n) is 10.4. The van der Waals surface area contributed by atoms with Crippen molar-refractivity contribution >= 4 is 56.5 Å². The van der Waals surface area contributed by atoms with Gasteiger partial charge in [0.1, 0.15) is 0 Å². The summed E-state index contributed by atoms with van der Waals surface area (Å²) < 4.78 is 0. The first-order chi connectivity index (χ1) is 10.4. The molecule has 0 aromatic heterocycles. The van der Waals surface area contributed by atoms with Crippen molar-refractivity contribution < 1.29 is 0 Å². The fourth-order valence-corrected chi connectivity index (χ4v) is 162. The van der Waals surface area contributed by atoms with Crippen molar-refractivity contribution in [1.29, 1.82) is 0 Å². The zero-order chi connectivity index (χ0) is 16.3. The second-order valence-corrected chi connectivity index (χ2v) is 54.9. The predicted molar refractivity (Wildman–Crippen MR) is 121 cm³/mol. The molecule has 4 unspecified atom stereocenters. The fraction of sp³-hybridized carbons (Fsp3) is 1.00. The molecule has 8 aliphatic heterocycles. The molecule has 0 aliphatic carbocycles. The first-order valence-corrected chi connectivity index (χ1v) is 31.2. The van der Waals surface area contributed by atoms with E-state index in [1.54, 1.807) is 9.58 Å². The zero-order valence-electron chi connectivity index (χ0n) is 16.3. The van der Waals surface area contributed by atoms with E-state index < -0.39 is 56.5 Å². The highest BCUT2D eigenvalue weighted by molar-refractivity contribution is 7.48. The Balaban J connectivity index is 1.70. The van der Waals surface area contributed by atoms with E-state index in [4.69, 9.17) is 0 Å². The normalized spacial score (nSPS) is 77.0. The largest absolute Gasteiger partial charge is 0.0698 e. The highest BCUT2D eigenvalue weighted by Crippen LogP contribution is 2.80. The van der Waals surface area contributed by atoms with Gasteiger partial charge in [-0.2, -0.15) is 0 Å². The minimum Gasteiger partial charge on any atom is -0.0698 e. The maximum atomic E-state index is 3.05. The van der Waals surface area contributed by atoms with E-state index in [0.717, 1.165) is 0 Å². The van der Waals surface area contributed by atoms with E-state index in [1.807, 2.05) is 45.3 Å². The van der Waals surface area contributed by atoms with Crippen LogP contribution in [0.4, 0.5) is 0 Å². The number of hydrogen-bond acceptors (Lipinski definition) is 0. The topological polar surface area (TPSA) is 0 Å². The average molecular weight is 425 g/mol. The van der Waals surface area contributed by atoms with Crippen LogP contribution in [-0.2, 0) is 0 Å². The van der Waals surface area contributed by atoms with Gasteiger partial charge in [-0.25, -0.2) is 0 Å². The van der Waals surface area contributed by atoms with Gasteiger partial charge in [-0.15, -0.1) is 0 Å². The van der Waals surface area contributed by atoms with Crippen LogP contribution in [0, 0.1) is 0 Å². The number of hydrogen-bond donors (Lipinski definition) is 0. The summed E-state index contributed by atoms with van der Waals surface area (Å²) in [6, 6.07) is 0. The molecule has 0 aromatic rings. The van der Waals surface area contributed by atoms with Gasteiger partial charge >= 0.3 is 0 Å². The Labute approximate surface area is 150 Å². The van der Waals surface area contributed by atoms with Crippen molar-refractivity contribution in [2.45, 2.75) is 94.2 Å². The summed E-state index contributed by atoms with van der Waals surface area (Å²) >= 11 is 0. The van der Waals surface area contributed by atoms with Gasteiger partial charge in [0, 0.05) is 56.5 Å². The standard InChI is InChI=1S/C16H36Si7/c1-17-7-19(3)13-20(4,8-17)16-22(6)10-18(2)9-21(5,14-22)15(19)23(16,11-17)12-18/h15-16H,7-14H2,1-6H3. The lowest BCUT2D eigenvalue weighted by molar-refractivity contribution is 0.988. The third kappa shape index (κ3) is 1.49. The van der Waals surface area contributed by atoms with Crippen LogP contribution in [0.5, 0.6) is 0 Å². The van der Waals surface area contributed by atoms with E-state index in [-0.39, 0.29) is 0 Å². The highest BCUT2D eigenvalue weighted by atomic mass is 28.6. The first-order valence-electron chi connectivity index (χ1n) is 10.4. The minimum absolute atomic E-state index is 0.756. The maximum absolute atomic E-state index is 3.05.